The van der Waals surface area contributed by atoms with Crippen molar-refractivity contribution >= 4 is 14.0 Å². The summed E-state index contributed by atoms with van der Waals surface area (Å²) >= 11 is 0. The van der Waals surface area contributed by atoms with Crippen LogP contribution in [0.1, 0.15) is 22.8 Å². The minimum Gasteiger partial charge on any atom is -0.377 e. The Morgan fingerprint density at radius 1 is 1.22 bits per heavy atom. The normalized spacial score (nSPS) is 14.4. The molecule has 1 unspecified atom stereocenters. The number of carbonyl (C=O) groups is 1. The maximum Gasteiger partial charge on any atom is 0.420 e. The van der Waals surface area contributed by atoms with Crippen molar-refractivity contribution in [2.24, 2.45) is 0 Å². The van der Waals surface area contributed by atoms with E-state index in [2.05, 4.69) is 31.1 Å². The zero-order chi connectivity index (χ0) is 20.9. The van der Waals surface area contributed by atoms with Gasteiger partial charge >= 0.3 is 6.18 Å². The molecule has 0 bridgehead atoms. The van der Waals surface area contributed by atoms with E-state index in [0.717, 1.165) is 11.6 Å². The van der Waals surface area contributed by atoms with Crippen molar-refractivity contribution in [2.45, 2.75) is 45.3 Å². The van der Waals surface area contributed by atoms with Crippen LogP contribution in [0.15, 0.2) is 36.4 Å². The summed E-state index contributed by atoms with van der Waals surface area (Å²) in [6.07, 6.45) is -2.98. The van der Waals surface area contributed by atoms with Crippen LogP contribution in [0, 0.1) is 18.4 Å². The zero-order valence-electron chi connectivity index (χ0n) is 16.3. The van der Waals surface area contributed by atoms with Gasteiger partial charge in [-0.1, -0.05) is 49.3 Å². The Hall–Kier alpha value is -2.04. The number of rotatable bonds is 5. The number of aryl methyl sites for hydroxylation is 1. The minimum atomic E-state index is -4.78. The summed E-state index contributed by atoms with van der Waals surface area (Å²) in [6, 6.07) is 6.94. The molecule has 0 fully saturated rings. The predicted octanol–water partition coefficient (Wildman–Crippen LogP) is 4.19. The van der Waals surface area contributed by atoms with Crippen molar-refractivity contribution in [3.05, 3.63) is 47.5 Å². The van der Waals surface area contributed by atoms with Crippen LogP contribution >= 0.6 is 0 Å². The van der Waals surface area contributed by atoms with E-state index in [1.807, 2.05) is 6.92 Å². The SMILES string of the molecule is Cc1ccc(C(=O)N(CC#C[Si](C)(C)C)C/C=C/C(C)(O)C(F)(F)F)cc1. The summed E-state index contributed by atoms with van der Waals surface area (Å²) in [5, 5.41) is 9.50. The van der Waals surface area contributed by atoms with E-state index in [-0.39, 0.29) is 19.0 Å². The van der Waals surface area contributed by atoms with Crippen LogP contribution in [0.4, 0.5) is 13.2 Å². The number of hydrogen-bond acceptors (Lipinski definition) is 2. The third kappa shape index (κ3) is 7.61. The van der Waals surface area contributed by atoms with E-state index in [4.69, 9.17) is 0 Å². The molecule has 1 atom stereocenters. The molecule has 3 nitrogen and oxygen atoms in total. The Bertz CT molecular complexity index is 736. The first-order chi connectivity index (χ1) is 12.2. The van der Waals surface area contributed by atoms with Gasteiger partial charge < -0.3 is 10.0 Å². The van der Waals surface area contributed by atoms with Crippen molar-refractivity contribution in [3.8, 4) is 11.5 Å². The molecule has 1 N–H and O–H groups in total. The molecule has 1 aromatic carbocycles. The number of nitrogens with zero attached hydrogens (tertiary/aromatic N) is 1. The standard InChI is InChI=1S/C20H26F3NO2Si/c1-16-8-10-17(11-9-16)18(25)24(14-7-15-27(3,4)5)13-6-12-19(2,26)20(21,22)23/h6,8-12,26H,13-14H2,1-5H3/b12-6+. The Morgan fingerprint density at radius 2 is 1.78 bits per heavy atom. The highest BCUT2D eigenvalue weighted by Gasteiger charge is 2.47. The second kappa shape index (κ2) is 8.76. The summed E-state index contributed by atoms with van der Waals surface area (Å²) in [7, 11) is -1.64. The number of benzene rings is 1. The highest BCUT2D eigenvalue weighted by Crippen LogP contribution is 2.30. The average Bonchev–Trinajstić information content (AvgIpc) is 2.51. The molecule has 0 aliphatic carbocycles. The molecule has 0 aliphatic rings. The Morgan fingerprint density at radius 3 is 2.26 bits per heavy atom. The van der Waals surface area contributed by atoms with E-state index >= 15 is 0 Å². The van der Waals surface area contributed by atoms with Crippen molar-refractivity contribution < 1.29 is 23.1 Å². The Kier molecular flexibility index (Phi) is 7.46. The summed E-state index contributed by atoms with van der Waals surface area (Å²) in [5.74, 6) is 2.64. The zero-order valence-corrected chi connectivity index (χ0v) is 17.3. The lowest BCUT2D eigenvalue weighted by atomic mass is 10.1. The topological polar surface area (TPSA) is 40.5 Å². The predicted molar refractivity (Wildman–Crippen MR) is 104 cm³/mol. The third-order valence-corrected chi connectivity index (χ3v) is 4.59. The lowest BCUT2D eigenvalue weighted by Crippen LogP contribution is -2.40. The smallest absolute Gasteiger partial charge is 0.377 e. The van der Waals surface area contributed by atoms with E-state index in [0.29, 0.717) is 18.6 Å². The van der Waals surface area contributed by atoms with E-state index < -0.39 is 19.9 Å². The summed E-state index contributed by atoms with van der Waals surface area (Å²) in [6.45, 7) is 8.77. The van der Waals surface area contributed by atoms with Crippen LogP contribution in [0.3, 0.4) is 0 Å². The molecule has 1 rings (SSSR count). The monoisotopic (exact) mass is 397 g/mol. The quantitative estimate of drug-likeness (QED) is 0.460. The van der Waals surface area contributed by atoms with Gasteiger partial charge in [0.2, 0.25) is 0 Å². The van der Waals surface area contributed by atoms with Gasteiger partial charge in [-0.2, -0.15) is 13.2 Å². The molecular weight excluding hydrogens is 371 g/mol. The average molecular weight is 398 g/mol. The number of aliphatic hydroxyl groups is 1. The van der Waals surface area contributed by atoms with Gasteiger partial charge in [-0.15, -0.1) is 5.54 Å². The van der Waals surface area contributed by atoms with Crippen molar-refractivity contribution in [1.82, 2.24) is 4.90 Å². The van der Waals surface area contributed by atoms with Crippen molar-refractivity contribution in [2.75, 3.05) is 13.1 Å². The molecule has 27 heavy (non-hydrogen) atoms. The molecule has 0 aliphatic heterocycles. The number of amides is 1. The fourth-order valence-corrected chi connectivity index (χ4v) is 2.61. The number of alkyl halides is 3. The number of hydrogen-bond donors (Lipinski definition) is 1. The summed E-state index contributed by atoms with van der Waals surface area (Å²) < 4.78 is 38.3. The molecule has 0 saturated heterocycles. The fraction of sp³-hybridized carbons (Fsp3) is 0.450. The molecule has 7 heteroatoms. The minimum absolute atomic E-state index is 0.0840. The van der Waals surface area contributed by atoms with E-state index in [9.17, 15) is 23.1 Å². The first-order valence-electron chi connectivity index (χ1n) is 8.56. The van der Waals surface area contributed by atoms with Crippen LogP contribution in [-0.4, -0.2) is 48.9 Å². The first kappa shape index (κ1) is 23.0. The van der Waals surface area contributed by atoms with Gasteiger partial charge in [0.25, 0.3) is 5.91 Å². The Labute approximate surface area is 159 Å². The third-order valence-electron chi connectivity index (χ3n) is 3.66. The molecule has 0 radical (unpaired) electrons. The van der Waals surface area contributed by atoms with Gasteiger partial charge in [-0.25, -0.2) is 0 Å². The van der Waals surface area contributed by atoms with Gasteiger partial charge in [-0.3, -0.25) is 4.79 Å². The largest absolute Gasteiger partial charge is 0.420 e. The van der Waals surface area contributed by atoms with Crippen molar-refractivity contribution in [1.29, 1.82) is 0 Å². The highest BCUT2D eigenvalue weighted by molar-refractivity contribution is 6.83. The van der Waals surface area contributed by atoms with Crippen LogP contribution < -0.4 is 0 Å². The molecule has 1 amide bonds. The van der Waals surface area contributed by atoms with Gasteiger partial charge in [0.1, 0.15) is 8.07 Å². The van der Waals surface area contributed by atoms with Crippen LogP contribution in [0.25, 0.3) is 0 Å². The number of carbonyl (C=O) groups excluding carboxylic acids is 1. The van der Waals surface area contributed by atoms with E-state index in [1.54, 1.807) is 24.3 Å². The summed E-state index contributed by atoms with van der Waals surface area (Å²) in [4.78, 5) is 14.1. The van der Waals surface area contributed by atoms with Gasteiger partial charge in [0, 0.05) is 12.1 Å². The lowest BCUT2D eigenvalue weighted by Gasteiger charge is -2.23. The lowest BCUT2D eigenvalue weighted by molar-refractivity contribution is -0.232. The van der Waals surface area contributed by atoms with Crippen molar-refractivity contribution in [3.63, 3.8) is 0 Å². The molecule has 1 aromatic rings. The Balaban J connectivity index is 3.02. The molecule has 0 spiro atoms. The summed E-state index contributed by atoms with van der Waals surface area (Å²) in [5.41, 5.74) is 1.63. The molecular formula is C20H26F3NO2Si. The second-order valence-electron chi connectivity index (χ2n) is 7.65. The van der Waals surface area contributed by atoms with Gasteiger partial charge in [0.05, 0.1) is 6.54 Å². The fourth-order valence-electron chi connectivity index (χ4n) is 2.00. The van der Waals surface area contributed by atoms with Crippen LogP contribution in [0.5, 0.6) is 0 Å². The second-order valence-corrected chi connectivity index (χ2v) is 12.4. The molecule has 148 valence electrons. The maximum atomic E-state index is 12.8. The van der Waals surface area contributed by atoms with Crippen LogP contribution in [0.2, 0.25) is 19.6 Å². The van der Waals surface area contributed by atoms with Gasteiger partial charge in [0.15, 0.2) is 5.60 Å². The maximum absolute atomic E-state index is 12.8. The highest BCUT2D eigenvalue weighted by atomic mass is 28.3. The molecule has 0 heterocycles. The van der Waals surface area contributed by atoms with Crippen LogP contribution in [-0.2, 0) is 0 Å². The van der Waals surface area contributed by atoms with Gasteiger partial charge in [-0.05, 0) is 32.1 Å². The number of halogens is 3. The van der Waals surface area contributed by atoms with E-state index in [1.165, 1.54) is 4.90 Å². The molecule has 0 aromatic heterocycles. The molecule has 0 saturated carbocycles. The first-order valence-corrected chi connectivity index (χ1v) is 12.1.